The molecule has 7 nitrogen and oxygen atoms in total. The summed E-state index contributed by atoms with van der Waals surface area (Å²) in [6.07, 6.45) is 2.01. The van der Waals surface area contributed by atoms with Crippen LogP contribution in [0, 0.1) is 10.1 Å². The van der Waals surface area contributed by atoms with E-state index >= 15 is 0 Å². The highest BCUT2D eigenvalue weighted by atomic mass is 32.2. The summed E-state index contributed by atoms with van der Waals surface area (Å²) in [7, 11) is -3.63. The maximum atomic E-state index is 11.9. The molecule has 2 aromatic carbocycles. The fraction of sp³-hybridized carbons (Fsp3) is 0.294. The standard InChI is InChI=1S/C17H20N2O5S/c1-4-12(2)24-15-8-5-13(6-9-15)18-16-10-7-14(19(20)21)11-17(16)25(3,22)23/h5-12,18H,4H2,1-3H3. The average molecular weight is 364 g/mol. The van der Waals surface area contributed by atoms with Gasteiger partial charge in [-0.15, -0.1) is 0 Å². The third kappa shape index (κ3) is 4.93. The summed E-state index contributed by atoms with van der Waals surface area (Å²) in [5.74, 6) is 0.715. The molecule has 0 saturated heterocycles. The lowest BCUT2D eigenvalue weighted by Gasteiger charge is -2.14. The van der Waals surface area contributed by atoms with Crippen LogP contribution in [0.15, 0.2) is 47.4 Å². The van der Waals surface area contributed by atoms with Gasteiger partial charge >= 0.3 is 0 Å². The van der Waals surface area contributed by atoms with Crippen LogP contribution in [-0.4, -0.2) is 25.7 Å². The molecule has 0 amide bonds. The molecule has 0 aromatic heterocycles. The van der Waals surface area contributed by atoms with Crippen molar-refractivity contribution in [3.63, 3.8) is 0 Å². The molecular weight excluding hydrogens is 344 g/mol. The fourth-order valence-electron chi connectivity index (χ4n) is 2.12. The molecule has 1 unspecified atom stereocenters. The SMILES string of the molecule is CCC(C)Oc1ccc(Nc2ccc([N+](=O)[O-])cc2S(C)(=O)=O)cc1. The van der Waals surface area contributed by atoms with Crippen molar-refractivity contribution in [3.05, 3.63) is 52.6 Å². The van der Waals surface area contributed by atoms with Gasteiger partial charge in [0, 0.05) is 24.1 Å². The Balaban J connectivity index is 2.29. The normalized spacial score (nSPS) is 12.4. The zero-order valence-electron chi connectivity index (χ0n) is 14.2. The van der Waals surface area contributed by atoms with E-state index in [1.54, 1.807) is 24.3 Å². The van der Waals surface area contributed by atoms with Crippen molar-refractivity contribution in [2.24, 2.45) is 0 Å². The summed E-state index contributed by atoms with van der Waals surface area (Å²) in [5.41, 5.74) is 0.655. The lowest BCUT2D eigenvalue weighted by molar-refractivity contribution is -0.385. The van der Waals surface area contributed by atoms with Crippen molar-refractivity contribution in [2.75, 3.05) is 11.6 Å². The summed E-state index contributed by atoms with van der Waals surface area (Å²) in [4.78, 5) is 10.1. The van der Waals surface area contributed by atoms with E-state index in [1.165, 1.54) is 12.1 Å². The molecule has 2 aromatic rings. The summed E-state index contributed by atoms with van der Waals surface area (Å²) in [6, 6.07) is 10.8. The van der Waals surface area contributed by atoms with Crippen LogP contribution in [0.25, 0.3) is 0 Å². The summed E-state index contributed by atoms with van der Waals surface area (Å²) < 4.78 is 29.6. The van der Waals surface area contributed by atoms with Crippen LogP contribution in [0.5, 0.6) is 5.75 Å². The zero-order valence-corrected chi connectivity index (χ0v) is 15.0. The Bertz CT molecular complexity index is 863. The van der Waals surface area contributed by atoms with Crippen LogP contribution in [-0.2, 0) is 9.84 Å². The highest BCUT2D eigenvalue weighted by Crippen LogP contribution is 2.29. The first-order chi connectivity index (χ1) is 11.7. The first-order valence-corrected chi connectivity index (χ1v) is 9.62. The predicted molar refractivity (Wildman–Crippen MR) is 96.3 cm³/mol. The van der Waals surface area contributed by atoms with Crippen LogP contribution in [0.1, 0.15) is 20.3 Å². The minimum atomic E-state index is -3.63. The van der Waals surface area contributed by atoms with Crippen LogP contribution >= 0.6 is 0 Å². The van der Waals surface area contributed by atoms with Crippen molar-refractivity contribution in [2.45, 2.75) is 31.3 Å². The highest BCUT2D eigenvalue weighted by Gasteiger charge is 2.18. The van der Waals surface area contributed by atoms with Gasteiger partial charge in [-0.25, -0.2) is 8.42 Å². The molecule has 134 valence electrons. The van der Waals surface area contributed by atoms with Gasteiger partial charge in [0.15, 0.2) is 9.84 Å². The fourth-order valence-corrected chi connectivity index (χ4v) is 2.98. The maximum absolute atomic E-state index is 11.9. The predicted octanol–water partition coefficient (Wildman–Crippen LogP) is 3.92. The molecule has 1 atom stereocenters. The van der Waals surface area contributed by atoms with E-state index in [2.05, 4.69) is 5.32 Å². The van der Waals surface area contributed by atoms with E-state index in [4.69, 9.17) is 4.74 Å². The van der Waals surface area contributed by atoms with Gasteiger partial charge in [-0.3, -0.25) is 10.1 Å². The third-order valence-corrected chi connectivity index (χ3v) is 4.76. The van der Waals surface area contributed by atoms with E-state index in [-0.39, 0.29) is 22.4 Å². The van der Waals surface area contributed by atoms with Crippen LogP contribution in [0.4, 0.5) is 17.1 Å². The number of hydrogen-bond donors (Lipinski definition) is 1. The number of sulfone groups is 1. The molecule has 0 spiro atoms. The van der Waals surface area contributed by atoms with Gasteiger partial charge in [0.05, 0.1) is 21.6 Å². The lowest BCUT2D eigenvalue weighted by atomic mass is 10.2. The van der Waals surface area contributed by atoms with Gasteiger partial charge in [0.2, 0.25) is 0 Å². The molecule has 0 radical (unpaired) electrons. The minimum absolute atomic E-state index is 0.102. The topological polar surface area (TPSA) is 98.5 Å². The largest absolute Gasteiger partial charge is 0.491 e. The summed E-state index contributed by atoms with van der Waals surface area (Å²) in [6.45, 7) is 4.00. The van der Waals surface area contributed by atoms with Gasteiger partial charge in [-0.05, 0) is 43.7 Å². The molecule has 0 saturated carbocycles. The number of non-ortho nitro benzene ring substituents is 1. The maximum Gasteiger partial charge on any atom is 0.270 e. The Hall–Kier alpha value is -2.61. The van der Waals surface area contributed by atoms with E-state index in [0.29, 0.717) is 11.4 Å². The number of nitro benzene ring substituents is 1. The Morgan fingerprint density at radius 2 is 1.84 bits per heavy atom. The summed E-state index contributed by atoms with van der Waals surface area (Å²) >= 11 is 0. The van der Waals surface area contributed by atoms with Gasteiger partial charge < -0.3 is 10.1 Å². The van der Waals surface area contributed by atoms with E-state index in [1.807, 2.05) is 13.8 Å². The van der Waals surface area contributed by atoms with Gasteiger partial charge in [-0.2, -0.15) is 0 Å². The highest BCUT2D eigenvalue weighted by molar-refractivity contribution is 7.90. The van der Waals surface area contributed by atoms with Crippen molar-refractivity contribution in [3.8, 4) is 5.75 Å². The number of nitrogens with zero attached hydrogens (tertiary/aromatic N) is 1. The third-order valence-electron chi connectivity index (χ3n) is 3.62. The lowest BCUT2D eigenvalue weighted by Crippen LogP contribution is -2.09. The van der Waals surface area contributed by atoms with Crippen molar-refractivity contribution in [1.82, 2.24) is 0 Å². The quantitative estimate of drug-likeness (QED) is 0.590. The number of nitrogens with one attached hydrogen (secondary N) is 1. The number of hydrogen-bond acceptors (Lipinski definition) is 6. The number of benzene rings is 2. The monoisotopic (exact) mass is 364 g/mol. The smallest absolute Gasteiger partial charge is 0.270 e. The van der Waals surface area contributed by atoms with Crippen LogP contribution in [0.3, 0.4) is 0 Å². The van der Waals surface area contributed by atoms with Crippen molar-refractivity contribution < 1.29 is 18.1 Å². The second kappa shape index (κ2) is 7.52. The Morgan fingerprint density at radius 1 is 1.20 bits per heavy atom. The molecule has 0 aliphatic heterocycles. The van der Waals surface area contributed by atoms with E-state index < -0.39 is 14.8 Å². The van der Waals surface area contributed by atoms with Crippen LogP contribution in [0.2, 0.25) is 0 Å². The minimum Gasteiger partial charge on any atom is -0.491 e. The second-order valence-electron chi connectivity index (χ2n) is 5.70. The van der Waals surface area contributed by atoms with Gasteiger partial charge in [-0.1, -0.05) is 6.92 Å². The first kappa shape index (κ1) is 18.7. The molecule has 0 bridgehead atoms. The van der Waals surface area contributed by atoms with Crippen LogP contribution < -0.4 is 10.1 Å². The van der Waals surface area contributed by atoms with Gasteiger partial charge in [0.25, 0.3) is 5.69 Å². The molecular formula is C17H20N2O5S. The van der Waals surface area contributed by atoms with Gasteiger partial charge in [0.1, 0.15) is 5.75 Å². The van der Waals surface area contributed by atoms with Crippen molar-refractivity contribution >= 4 is 26.9 Å². The molecule has 1 N–H and O–H groups in total. The summed E-state index contributed by atoms with van der Waals surface area (Å²) in [5, 5.41) is 13.9. The zero-order chi connectivity index (χ0) is 18.6. The molecule has 0 fully saturated rings. The molecule has 8 heteroatoms. The Labute approximate surface area is 146 Å². The van der Waals surface area contributed by atoms with E-state index in [9.17, 15) is 18.5 Å². The number of nitro groups is 1. The molecule has 2 rings (SSSR count). The molecule has 0 aliphatic rings. The number of anilines is 2. The Morgan fingerprint density at radius 3 is 2.36 bits per heavy atom. The number of rotatable bonds is 7. The average Bonchev–Trinajstić information content (AvgIpc) is 2.55. The first-order valence-electron chi connectivity index (χ1n) is 7.73. The number of ether oxygens (including phenoxy) is 1. The molecule has 0 heterocycles. The Kier molecular flexibility index (Phi) is 5.63. The second-order valence-corrected chi connectivity index (χ2v) is 7.68. The molecule has 25 heavy (non-hydrogen) atoms. The molecule has 0 aliphatic carbocycles. The van der Waals surface area contributed by atoms with E-state index in [0.717, 1.165) is 18.7 Å². The van der Waals surface area contributed by atoms with Crippen molar-refractivity contribution in [1.29, 1.82) is 0 Å².